The summed E-state index contributed by atoms with van der Waals surface area (Å²) >= 11 is 6.05. The molecule has 128 valence electrons. The standard InChI is InChI=1S/C22H17ClN2O/c23-18-13-11-17(12-14-18)21-15-20(16-7-3-1-4-8-16)24-22(26)25(21)19-9-5-2-6-10-19/h1-15,21H,(H,24,26). The molecule has 1 aliphatic rings. The summed E-state index contributed by atoms with van der Waals surface area (Å²) in [5.74, 6) is 0. The Morgan fingerprint density at radius 2 is 1.42 bits per heavy atom. The van der Waals surface area contributed by atoms with Gasteiger partial charge in [-0.1, -0.05) is 72.3 Å². The van der Waals surface area contributed by atoms with Crippen molar-refractivity contribution in [3.8, 4) is 0 Å². The molecule has 0 aliphatic carbocycles. The van der Waals surface area contributed by atoms with Crippen molar-refractivity contribution in [3.05, 3.63) is 107 Å². The topological polar surface area (TPSA) is 32.3 Å². The normalized spacial score (nSPS) is 16.8. The number of carbonyl (C=O) groups is 1. The van der Waals surface area contributed by atoms with Gasteiger partial charge in [0, 0.05) is 16.4 Å². The number of halogens is 1. The molecule has 1 aliphatic heterocycles. The van der Waals surface area contributed by atoms with E-state index in [1.807, 2.05) is 84.9 Å². The monoisotopic (exact) mass is 360 g/mol. The van der Waals surface area contributed by atoms with E-state index in [9.17, 15) is 4.79 Å². The van der Waals surface area contributed by atoms with Crippen molar-refractivity contribution in [3.63, 3.8) is 0 Å². The first-order valence-corrected chi connectivity index (χ1v) is 8.78. The van der Waals surface area contributed by atoms with Gasteiger partial charge in [0.2, 0.25) is 0 Å². The van der Waals surface area contributed by atoms with Crippen molar-refractivity contribution in [2.75, 3.05) is 4.90 Å². The first-order chi connectivity index (χ1) is 12.7. The van der Waals surface area contributed by atoms with Crippen molar-refractivity contribution in [2.45, 2.75) is 6.04 Å². The Morgan fingerprint density at radius 1 is 0.808 bits per heavy atom. The molecule has 2 amide bonds. The highest BCUT2D eigenvalue weighted by Crippen LogP contribution is 2.34. The van der Waals surface area contributed by atoms with E-state index in [0.717, 1.165) is 22.5 Å². The Kier molecular flexibility index (Phi) is 4.46. The number of amides is 2. The molecule has 4 heteroatoms. The number of hydrogen-bond acceptors (Lipinski definition) is 1. The molecule has 1 N–H and O–H groups in total. The summed E-state index contributed by atoms with van der Waals surface area (Å²) in [6.07, 6.45) is 2.08. The molecular weight excluding hydrogens is 344 g/mol. The number of para-hydroxylation sites is 1. The summed E-state index contributed by atoms with van der Waals surface area (Å²) in [4.78, 5) is 14.7. The fraction of sp³-hybridized carbons (Fsp3) is 0.0455. The number of nitrogens with one attached hydrogen (secondary N) is 1. The molecule has 1 heterocycles. The van der Waals surface area contributed by atoms with Crippen LogP contribution in [0.25, 0.3) is 5.70 Å². The third-order valence-corrected chi connectivity index (χ3v) is 4.65. The van der Waals surface area contributed by atoms with Gasteiger partial charge >= 0.3 is 6.03 Å². The summed E-state index contributed by atoms with van der Waals surface area (Å²) in [5.41, 5.74) is 3.63. The van der Waals surface area contributed by atoms with Gasteiger partial charge in [0.15, 0.2) is 0 Å². The van der Waals surface area contributed by atoms with Gasteiger partial charge in [0.1, 0.15) is 0 Å². The highest BCUT2D eigenvalue weighted by Gasteiger charge is 2.30. The van der Waals surface area contributed by atoms with Gasteiger partial charge < -0.3 is 5.32 Å². The lowest BCUT2D eigenvalue weighted by atomic mass is 9.99. The van der Waals surface area contributed by atoms with E-state index in [-0.39, 0.29) is 12.1 Å². The molecule has 0 radical (unpaired) electrons. The minimum absolute atomic E-state index is 0.155. The van der Waals surface area contributed by atoms with E-state index in [1.54, 1.807) is 4.90 Å². The van der Waals surface area contributed by atoms with Crippen LogP contribution in [0.2, 0.25) is 5.02 Å². The van der Waals surface area contributed by atoms with Crippen LogP contribution in [-0.2, 0) is 0 Å². The quantitative estimate of drug-likeness (QED) is 0.643. The number of rotatable bonds is 3. The van der Waals surface area contributed by atoms with Crippen molar-refractivity contribution < 1.29 is 4.79 Å². The molecule has 0 spiro atoms. The van der Waals surface area contributed by atoms with Gasteiger partial charge in [-0.2, -0.15) is 0 Å². The third kappa shape index (κ3) is 3.22. The maximum absolute atomic E-state index is 13.0. The van der Waals surface area contributed by atoms with Crippen LogP contribution in [0.5, 0.6) is 0 Å². The average Bonchev–Trinajstić information content (AvgIpc) is 2.69. The minimum Gasteiger partial charge on any atom is -0.307 e. The van der Waals surface area contributed by atoms with Crippen molar-refractivity contribution in [1.82, 2.24) is 5.32 Å². The van der Waals surface area contributed by atoms with E-state index in [0.29, 0.717) is 5.02 Å². The molecule has 0 bridgehead atoms. The maximum atomic E-state index is 13.0. The molecule has 3 nitrogen and oxygen atoms in total. The van der Waals surface area contributed by atoms with Gasteiger partial charge in [0.05, 0.1) is 6.04 Å². The number of urea groups is 1. The molecular formula is C22H17ClN2O. The number of hydrogen-bond donors (Lipinski definition) is 1. The summed E-state index contributed by atoms with van der Waals surface area (Å²) < 4.78 is 0. The van der Waals surface area contributed by atoms with E-state index in [4.69, 9.17) is 11.6 Å². The number of benzene rings is 3. The van der Waals surface area contributed by atoms with E-state index >= 15 is 0 Å². The molecule has 4 rings (SSSR count). The molecule has 0 fully saturated rings. The van der Waals surface area contributed by atoms with Crippen LogP contribution in [0, 0.1) is 0 Å². The van der Waals surface area contributed by atoms with E-state index < -0.39 is 0 Å². The molecule has 0 aromatic heterocycles. The summed E-state index contributed by atoms with van der Waals surface area (Å²) in [6, 6.07) is 26.8. The second kappa shape index (κ2) is 7.06. The van der Waals surface area contributed by atoms with Gasteiger partial charge in [-0.3, -0.25) is 4.90 Å². The van der Waals surface area contributed by atoms with E-state index in [2.05, 4.69) is 11.4 Å². The van der Waals surface area contributed by atoms with Gasteiger partial charge in [-0.25, -0.2) is 4.79 Å². The molecule has 1 unspecified atom stereocenters. The number of anilines is 1. The van der Waals surface area contributed by atoms with Crippen LogP contribution in [0.1, 0.15) is 17.2 Å². The largest absolute Gasteiger partial charge is 0.327 e. The summed E-state index contributed by atoms with van der Waals surface area (Å²) in [5, 5.41) is 3.69. The minimum atomic E-state index is -0.223. The predicted octanol–water partition coefficient (Wildman–Crippen LogP) is 5.65. The van der Waals surface area contributed by atoms with Gasteiger partial charge in [0.25, 0.3) is 0 Å². The molecule has 26 heavy (non-hydrogen) atoms. The van der Waals surface area contributed by atoms with Crippen LogP contribution in [0.3, 0.4) is 0 Å². The maximum Gasteiger partial charge on any atom is 0.327 e. The summed E-state index contributed by atoms with van der Waals surface area (Å²) in [7, 11) is 0. The fourth-order valence-corrected chi connectivity index (χ4v) is 3.26. The lowest BCUT2D eigenvalue weighted by Crippen LogP contribution is -2.45. The zero-order chi connectivity index (χ0) is 17.9. The first kappa shape index (κ1) is 16.4. The van der Waals surface area contributed by atoms with Crippen LogP contribution < -0.4 is 10.2 Å². The van der Waals surface area contributed by atoms with E-state index in [1.165, 1.54) is 0 Å². The average molecular weight is 361 g/mol. The lowest BCUT2D eigenvalue weighted by molar-refractivity contribution is 0.248. The van der Waals surface area contributed by atoms with Crippen molar-refractivity contribution >= 4 is 29.0 Å². The van der Waals surface area contributed by atoms with Crippen LogP contribution in [-0.4, -0.2) is 6.03 Å². The van der Waals surface area contributed by atoms with Crippen LogP contribution >= 0.6 is 11.6 Å². The summed E-state index contributed by atoms with van der Waals surface area (Å²) in [6.45, 7) is 0. The SMILES string of the molecule is O=C1NC(c2ccccc2)=CC(c2ccc(Cl)cc2)N1c1ccccc1. The van der Waals surface area contributed by atoms with Gasteiger partial charge in [-0.05, 0) is 41.5 Å². The Balaban J connectivity index is 1.83. The molecule has 3 aromatic carbocycles. The molecule has 0 saturated heterocycles. The Hall–Kier alpha value is -3.04. The first-order valence-electron chi connectivity index (χ1n) is 8.40. The van der Waals surface area contributed by atoms with Crippen molar-refractivity contribution in [1.29, 1.82) is 0 Å². The second-order valence-corrected chi connectivity index (χ2v) is 6.51. The van der Waals surface area contributed by atoms with Crippen LogP contribution in [0.4, 0.5) is 10.5 Å². The highest BCUT2D eigenvalue weighted by atomic mass is 35.5. The molecule has 0 saturated carbocycles. The Bertz CT molecular complexity index is 937. The molecule has 3 aromatic rings. The Morgan fingerprint density at radius 3 is 2.08 bits per heavy atom. The zero-order valence-electron chi connectivity index (χ0n) is 14.0. The van der Waals surface area contributed by atoms with Gasteiger partial charge in [-0.15, -0.1) is 0 Å². The predicted molar refractivity (Wildman–Crippen MR) is 106 cm³/mol. The number of nitrogens with zero attached hydrogens (tertiary/aromatic N) is 1. The third-order valence-electron chi connectivity index (χ3n) is 4.39. The lowest BCUT2D eigenvalue weighted by Gasteiger charge is -2.35. The number of carbonyl (C=O) groups excluding carboxylic acids is 1. The fourth-order valence-electron chi connectivity index (χ4n) is 3.13. The van der Waals surface area contributed by atoms with Crippen LogP contribution in [0.15, 0.2) is 91.0 Å². The Labute approximate surface area is 157 Å². The second-order valence-electron chi connectivity index (χ2n) is 6.08. The molecule has 1 atom stereocenters. The zero-order valence-corrected chi connectivity index (χ0v) is 14.7. The van der Waals surface area contributed by atoms with Crippen molar-refractivity contribution in [2.24, 2.45) is 0 Å². The highest BCUT2D eigenvalue weighted by molar-refractivity contribution is 6.30. The smallest absolute Gasteiger partial charge is 0.307 e.